The monoisotopic (exact) mass is 452 g/mol. The number of nitrogens with zero attached hydrogens (tertiary/aromatic N) is 2. The van der Waals surface area contributed by atoms with E-state index in [4.69, 9.17) is 14.2 Å². The minimum Gasteiger partial charge on any atom is -0.496 e. The third-order valence-electron chi connectivity index (χ3n) is 6.90. The maximum atomic E-state index is 13.2. The van der Waals surface area contributed by atoms with E-state index < -0.39 is 0 Å². The van der Waals surface area contributed by atoms with E-state index in [1.807, 2.05) is 41.3 Å². The highest BCUT2D eigenvalue weighted by atomic mass is 16.5. The number of hydrogen-bond donors (Lipinski definition) is 0. The van der Waals surface area contributed by atoms with Crippen LogP contribution >= 0.6 is 0 Å². The molecule has 4 rings (SSSR count). The predicted octanol–water partition coefficient (Wildman–Crippen LogP) is 4.24. The second kappa shape index (κ2) is 11.5. The molecule has 2 aliphatic rings. The second-order valence-electron chi connectivity index (χ2n) is 9.03. The molecule has 2 aromatic carbocycles. The van der Waals surface area contributed by atoms with Crippen molar-refractivity contribution in [3.8, 4) is 11.5 Å². The van der Waals surface area contributed by atoms with Crippen molar-refractivity contribution in [2.75, 3.05) is 47.0 Å². The number of benzene rings is 2. The summed E-state index contributed by atoms with van der Waals surface area (Å²) in [6, 6.07) is 15.8. The molecule has 6 heteroatoms. The van der Waals surface area contributed by atoms with Gasteiger partial charge in [0, 0.05) is 50.3 Å². The Hall–Kier alpha value is -2.57. The molecule has 2 aromatic rings. The minimum absolute atomic E-state index is 0.0904. The highest BCUT2D eigenvalue weighted by Gasteiger charge is 2.31. The normalized spacial score (nSPS) is 22.7. The maximum Gasteiger partial charge on any atom is 0.254 e. The first kappa shape index (κ1) is 23.6. The zero-order valence-electron chi connectivity index (χ0n) is 19.9. The van der Waals surface area contributed by atoms with Gasteiger partial charge in [0.25, 0.3) is 5.91 Å². The molecule has 0 saturated carbocycles. The van der Waals surface area contributed by atoms with Gasteiger partial charge in [-0.05, 0) is 50.1 Å². The Kier molecular flexibility index (Phi) is 8.24. The Morgan fingerprint density at radius 1 is 1.00 bits per heavy atom. The molecule has 2 aliphatic heterocycles. The Labute approximate surface area is 197 Å². The quantitative estimate of drug-likeness (QED) is 0.695. The van der Waals surface area contributed by atoms with Crippen LogP contribution in [0.4, 0.5) is 0 Å². The topological polar surface area (TPSA) is 51.2 Å². The Bertz CT molecular complexity index is 918. The zero-order valence-corrected chi connectivity index (χ0v) is 19.9. The van der Waals surface area contributed by atoms with Gasteiger partial charge in [-0.15, -0.1) is 0 Å². The first-order valence-corrected chi connectivity index (χ1v) is 12.1. The first-order valence-electron chi connectivity index (χ1n) is 12.1. The van der Waals surface area contributed by atoms with Crippen molar-refractivity contribution in [3.63, 3.8) is 0 Å². The molecule has 6 nitrogen and oxygen atoms in total. The molecule has 0 unspecified atom stereocenters. The molecule has 2 heterocycles. The zero-order chi connectivity index (χ0) is 23.0. The number of hydrogen-bond acceptors (Lipinski definition) is 5. The molecule has 2 atom stereocenters. The molecule has 4 bridgehead atoms. The molecule has 33 heavy (non-hydrogen) atoms. The fourth-order valence-corrected chi connectivity index (χ4v) is 5.06. The van der Waals surface area contributed by atoms with Gasteiger partial charge >= 0.3 is 0 Å². The van der Waals surface area contributed by atoms with Gasteiger partial charge in [0.05, 0.1) is 13.2 Å². The Balaban J connectivity index is 1.51. The smallest absolute Gasteiger partial charge is 0.254 e. The van der Waals surface area contributed by atoms with E-state index >= 15 is 0 Å². The van der Waals surface area contributed by atoms with Crippen LogP contribution in [0.5, 0.6) is 11.5 Å². The average molecular weight is 453 g/mol. The molecule has 0 aliphatic carbocycles. The third kappa shape index (κ3) is 6.06. The summed E-state index contributed by atoms with van der Waals surface area (Å²) in [5, 5.41) is 0. The summed E-state index contributed by atoms with van der Waals surface area (Å²) in [6.45, 7) is 4.70. The Morgan fingerprint density at radius 2 is 1.88 bits per heavy atom. The van der Waals surface area contributed by atoms with E-state index in [-0.39, 0.29) is 12.0 Å². The van der Waals surface area contributed by atoms with E-state index in [1.165, 1.54) is 5.56 Å². The van der Waals surface area contributed by atoms with Crippen molar-refractivity contribution in [1.82, 2.24) is 9.80 Å². The molecule has 0 radical (unpaired) electrons. The SMILES string of the molecule is COc1ccccc1CN1CCCC[C@@H]2CN(CC[C@@H]2OC)C(=O)c2cccc(c2)OCC1. The van der Waals surface area contributed by atoms with Gasteiger partial charge in [0.2, 0.25) is 0 Å². The van der Waals surface area contributed by atoms with Crippen LogP contribution in [-0.2, 0) is 11.3 Å². The largest absolute Gasteiger partial charge is 0.496 e. The van der Waals surface area contributed by atoms with Crippen LogP contribution in [0.2, 0.25) is 0 Å². The van der Waals surface area contributed by atoms with Gasteiger partial charge in [0.1, 0.15) is 18.1 Å². The molecule has 1 fully saturated rings. The molecular weight excluding hydrogens is 416 g/mol. The van der Waals surface area contributed by atoms with Crippen LogP contribution in [0.3, 0.4) is 0 Å². The van der Waals surface area contributed by atoms with Crippen LogP contribution in [0.15, 0.2) is 48.5 Å². The van der Waals surface area contributed by atoms with E-state index in [1.54, 1.807) is 14.2 Å². The van der Waals surface area contributed by atoms with Crippen LogP contribution in [0, 0.1) is 5.92 Å². The number of methoxy groups -OCH3 is 2. The number of rotatable bonds is 4. The lowest BCUT2D eigenvalue weighted by Crippen LogP contribution is -2.46. The third-order valence-corrected chi connectivity index (χ3v) is 6.90. The lowest BCUT2D eigenvalue weighted by Gasteiger charge is -2.38. The lowest BCUT2D eigenvalue weighted by atomic mass is 9.89. The lowest BCUT2D eigenvalue weighted by molar-refractivity contribution is -0.00677. The summed E-state index contributed by atoms with van der Waals surface area (Å²) in [5.74, 6) is 2.13. The predicted molar refractivity (Wildman–Crippen MR) is 129 cm³/mol. The Morgan fingerprint density at radius 3 is 2.73 bits per heavy atom. The number of piperidine rings is 1. The van der Waals surface area contributed by atoms with Crippen LogP contribution < -0.4 is 9.47 Å². The van der Waals surface area contributed by atoms with Gasteiger partial charge in [-0.1, -0.05) is 30.7 Å². The van der Waals surface area contributed by atoms with Gasteiger partial charge in [-0.2, -0.15) is 0 Å². The van der Waals surface area contributed by atoms with Crippen molar-refractivity contribution in [1.29, 1.82) is 0 Å². The van der Waals surface area contributed by atoms with E-state index in [0.29, 0.717) is 18.1 Å². The summed E-state index contributed by atoms with van der Waals surface area (Å²) >= 11 is 0. The standard InChI is InChI=1S/C27H36N2O4/c1-31-25-12-4-3-8-22(25)19-28-14-6-5-9-23-20-29(15-13-26(23)32-2)27(30)21-10-7-11-24(18-21)33-17-16-28/h3-4,7-8,10-12,18,23,26H,5-6,9,13-17,19-20H2,1-2H3/t23-,26+/m1/s1. The number of para-hydroxylation sites is 1. The van der Waals surface area contributed by atoms with E-state index in [9.17, 15) is 4.79 Å². The molecule has 1 saturated heterocycles. The minimum atomic E-state index is 0.0904. The van der Waals surface area contributed by atoms with E-state index in [2.05, 4.69) is 17.0 Å². The van der Waals surface area contributed by atoms with Crippen molar-refractivity contribution in [2.24, 2.45) is 5.92 Å². The number of carbonyl (C=O) groups excluding carboxylic acids is 1. The highest BCUT2D eigenvalue weighted by molar-refractivity contribution is 5.94. The number of carbonyl (C=O) groups is 1. The number of ether oxygens (including phenoxy) is 3. The maximum absolute atomic E-state index is 13.2. The number of amides is 1. The first-order chi connectivity index (χ1) is 16.2. The van der Waals surface area contributed by atoms with Gasteiger partial charge in [-0.3, -0.25) is 9.69 Å². The summed E-state index contributed by atoms with van der Waals surface area (Å²) in [7, 11) is 3.52. The molecular formula is C27H36N2O4. The molecule has 178 valence electrons. The van der Waals surface area contributed by atoms with Gasteiger partial charge in [-0.25, -0.2) is 0 Å². The molecule has 0 aromatic heterocycles. The average Bonchev–Trinajstić information content (AvgIpc) is 2.86. The van der Waals surface area contributed by atoms with E-state index in [0.717, 1.165) is 69.9 Å². The molecule has 0 spiro atoms. The second-order valence-corrected chi connectivity index (χ2v) is 9.03. The highest BCUT2D eigenvalue weighted by Crippen LogP contribution is 2.27. The number of fused-ring (bicyclic) bond motifs is 4. The van der Waals surface area contributed by atoms with Crippen LogP contribution in [0.1, 0.15) is 41.6 Å². The fourth-order valence-electron chi connectivity index (χ4n) is 5.06. The van der Waals surface area contributed by atoms with Gasteiger partial charge in [0.15, 0.2) is 0 Å². The summed E-state index contributed by atoms with van der Waals surface area (Å²) < 4.78 is 17.4. The van der Waals surface area contributed by atoms with Crippen molar-refractivity contribution in [2.45, 2.75) is 38.3 Å². The van der Waals surface area contributed by atoms with Crippen LogP contribution in [0.25, 0.3) is 0 Å². The summed E-state index contributed by atoms with van der Waals surface area (Å²) in [4.78, 5) is 17.6. The fraction of sp³-hybridized carbons (Fsp3) is 0.519. The van der Waals surface area contributed by atoms with Crippen molar-refractivity contribution < 1.29 is 19.0 Å². The van der Waals surface area contributed by atoms with Gasteiger partial charge < -0.3 is 19.1 Å². The molecule has 1 amide bonds. The summed E-state index contributed by atoms with van der Waals surface area (Å²) in [5.41, 5.74) is 1.88. The van der Waals surface area contributed by atoms with Crippen molar-refractivity contribution >= 4 is 5.91 Å². The summed E-state index contributed by atoms with van der Waals surface area (Å²) in [6.07, 6.45) is 4.40. The van der Waals surface area contributed by atoms with Crippen molar-refractivity contribution in [3.05, 3.63) is 59.7 Å². The molecule has 0 N–H and O–H groups in total. The van der Waals surface area contributed by atoms with Crippen LogP contribution in [-0.4, -0.2) is 68.8 Å².